The van der Waals surface area contributed by atoms with Gasteiger partial charge in [-0.1, -0.05) is 11.3 Å². The Bertz CT molecular complexity index is 646. The lowest BCUT2D eigenvalue weighted by molar-refractivity contribution is 0.603. The summed E-state index contributed by atoms with van der Waals surface area (Å²) >= 11 is 2.43. The summed E-state index contributed by atoms with van der Waals surface area (Å²) in [6.45, 7) is 0.726. The number of hydrogen-bond donors (Lipinski definition) is 2. The van der Waals surface area contributed by atoms with Crippen molar-refractivity contribution >= 4 is 37.8 Å². The Labute approximate surface area is 118 Å². The van der Waals surface area contributed by atoms with Crippen molar-refractivity contribution in [2.45, 2.75) is 29.6 Å². The highest BCUT2D eigenvalue weighted by Gasteiger charge is 2.22. The van der Waals surface area contributed by atoms with Crippen LogP contribution in [0, 0.1) is 0 Å². The number of aromatic nitrogens is 2. The Hall–Kier alpha value is -1.03. The Morgan fingerprint density at radius 1 is 1.37 bits per heavy atom. The van der Waals surface area contributed by atoms with E-state index in [0.717, 1.165) is 22.8 Å². The van der Waals surface area contributed by atoms with Gasteiger partial charge in [0.15, 0.2) is 0 Å². The zero-order valence-electron chi connectivity index (χ0n) is 9.87. The van der Waals surface area contributed by atoms with Crippen molar-refractivity contribution in [2.75, 3.05) is 4.72 Å². The number of hydrogen-bond acceptors (Lipinski definition) is 7. The van der Waals surface area contributed by atoms with E-state index >= 15 is 0 Å². The van der Waals surface area contributed by atoms with Gasteiger partial charge < -0.3 is 5.32 Å². The van der Waals surface area contributed by atoms with Crippen LogP contribution >= 0.6 is 22.7 Å². The summed E-state index contributed by atoms with van der Waals surface area (Å²) in [7, 11) is -3.54. The topological polar surface area (TPSA) is 84.0 Å². The monoisotopic (exact) mass is 316 g/mol. The lowest BCUT2D eigenvalue weighted by Gasteiger charge is -2.01. The summed E-state index contributed by atoms with van der Waals surface area (Å²) in [6.07, 6.45) is 2.43. The molecule has 2 heterocycles. The first-order chi connectivity index (χ1) is 9.13. The van der Waals surface area contributed by atoms with Crippen molar-refractivity contribution in [2.24, 2.45) is 0 Å². The fourth-order valence-electron chi connectivity index (χ4n) is 1.51. The van der Waals surface area contributed by atoms with E-state index in [4.69, 9.17) is 0 Å². The lowest BCUT2D eigenvalue weighted by atomic mass is 10.4. The van der Waals surface area contributed by atoms with Gasteiger partial charge in [0, 0.05) is 17.5 Å². The highest BCUT2D eigenvalue weighted by molar-refractivity contribution is 7.94. The van der Waals surface area contributed by atoms with Crippen molar-refractivity contribution in [3.63, 3.8) is 0 Å². The molecule has 3 rings (SSSR count). The van der Waals surface area contributed by atoms with Crippen LogP contribution in [0.5, 0.6) is 0 Å². The van der Waals surface area contributed by atoms with Crippen molar-refractivity contribution in [3.05, 3.63) is 22.5 Å². The van der Waals surface area contributed by atoms with Gasteiger partial charge in [0.05, 0.1) is 0 Å². The maximum absolute atomic E-state index is 12.1. The molecule has 1 aliphatic carbocycles. The minimum Gasteiger partial charge on any atom is -0.309 e. The molecule has 1 saturated carbocycles. The smallest absolute Gasteiger partial charge is 0.273 e. The van der Waals surface area contributed by atoms with Crippen LogP contribution in [0.1, 0.15) is 17.7 Å². The molecule has 2 aromatic heterocycles. The van der Waals surface area contributed by atoms with Crippen molar-refractivity contribution in [3.8, 4) is 0 Å². The Balaban J connectivity index is 1.69. The standard InChI is InChI=1S/C10H12N4O2S3/c15-19(16,14-10-13-12-6-17-10)9-4-3-8(18-9)5-11-7-1-2-7/h3-4,6-7,11H,1-2,5H2,(H,13,14). The zero-order valence-corrected chi connectivity index (χ0v) is 12.3. The van der Waals surface area contributed by atoms with E-state index in [9.17, 15) is 8.42 Å². The third-order valence-electron chi connectivity index (χ3n) is 2.63. The second-order valence-corrected chi connectivity index (χ2v) is 8.14. The molecule has 0 radical (unpaired) electrons. The molecule has 102 valence electrons. The quantitative estimate of drug-likeness (QED) is 0.846. The van der Waals surface area contributed by atoms with Crippen LogP contribution in [-0.4, -0.2) is 24.7 Å². The molecule has 0 unspecified atom stereocenters. The predicted molar refractivity (Wildman–Crippen MR) is 74.9 cm³/mol. The van der Waals surface area contributed by atoms with Gasteiger partial charge in [-0.3, -0.25) is 4.72 Å². The van der Waals surface area contributed by atoms with Gasteiger partial charge in [-0.05, 0) is 25.0 Å². The molecule has 6 nitrogen and oxygen atoms in total. The van der Waals surface area contributed by atoms with Crippen LogP contribution in [-0.2, 0) is 16.6 Å². The third kappa shape index (κ3) is 3.30. The molecule has 0 saturated heterocycles. The first kappa shape index (κ1) is 13.0. The van der Waals surface area contributed by atoms with Gasteiger partial charge in [-0.15, -0.1) is 21.5 Å². The van der Waals surface area contributed by atoms with Crippen LogP contribution < -0.4 is 10.0 Å². The van der Waals surface area contributed by atoms with Gasteiger partial charge in [-0.2, -0.15) is 0 Å². The van der Waals surface area contributed by atoms with Gasteiger partial charge in [0.2, 0.25) is 5.13 Å². The molecular weight excluding hydrogens is 304 g/mol. The van der Waals surface area contributed by atoms with E-state index < -0.39 is 10.0 Å². The van der Waals surface area contributed by atoms with Crippen LogP contribution in [0.4, 0.5) is 5.13 Å². The minimum atomic E-state index is -3.54. The third-order valence-corrected chi connectivity index (χ3v) is 6.28. The number of thiophene rings is 1. The fraction of sp³-hybridized carbons (Fsp3) is 0.400. The summed E-state index contributed by atoms with van der Waals surface area (Å²) in [4.78, 5) is 1.02. The fourth-order valence-corrected chi connectivity index (χ4v) is 4.51. The first-order valence-corrected chi connectivity index (χ1v) is 8.92. The van der Waals surface area contributed by atoms with Gasteiger partial charge >= 0.3 is 0 Å². The normalized spacial score (nSPS) is 15.6. The van der Waals surface area contributed by atoms with Gasteiger partial charge in [0.25, 0.3) is 10.0 Å². The summed E-state index contributed by atoms with van der Waals surface area (Å²) in [5.41, 5.74) is 1.48. The lowest BCUT2D eigenvalue weighted by Crippen LogP contribution is -2.14. The molecular formula is C10H12N4O2S3. The number of nitrogens with zero attached hydrogens (tertiary/aromatic N) is 2. The zero-order chi connectivity index (χ0) is 13.3. The summed E-state index contributed by atoms with van der Waals surface area (Å²) in [5, 5.41) is 10.9. The molecule has 2 N–H and O–H groups in total. The van der Waals surface area contributed by atoms with Gasteiger partial charge in [-0.25, -0.2) is 8.42 Å². The van der Waals surface area contributed by atoms with E-state index in [1.807, 2.05) is 6.07 Å². The first-order valence-electron chi connectivity index (χ1n) is 5.74. The second-order valence-electron chi connectivity index (χ2n) is 4.23. The summed E-state index contributed by atoms with van der Waals surface area (Å²) in [6, 6.07) is 4.08. The highest BCUT2D eigenvalue weighted by Crippen LogP contribution is 2.25. The summed E-state index contributed by atoms with van der Waals surface area (Å²) in [5.74, 6) is 0. The average Bonchev–Trinajstić information content (AvgIpc) is 2.87. The highest BCUT2D eigenvalue weighted by atomic mass is 32.2. The molecule has 9 heteroatoms. The number of rotatable bonds is 6. The number of nitrogens with one attached hydrogen (secondary N) is 2. The molecule has 0 aliphatic heterocycles. The average molecular weight is 316 g/mol. The van der Waals surface area contributed by atoms with Crippen molar-refractivity contribution in [1.29, 1.82) is 0 Å². The second kappa shape index (κ2) is 5.16. The Kier molecular flexibility index (Phi) is 3.52. The maximum atomic E-state index is 12.1. The Morgan fingerprint density at radius 3 is 2.89 bits per heavy atom. The molecule has 0 atom stereocenters. The van der Waals surface area contributed by atoms with Crippen LogP contribution in [0.15, 0.2) is 21.9 Å². The van der Waals surface area contributed by atoms with Crippen molar-refractivity contribution in [1.82, 2.24) is 15.5 Å². The van der Waals surface area contributed by atoms with E-state index in [2.05, 4.69) is 20.2 Å². The van der Waals surface area contributed by atoms with Crippen LogP contribution in [0.25, 0.3) is 0 Å². The molecule has 19 heavy (non-hydrogen) atoms. The van der Waals surface area contributed by atoms with Crippen LogP contribution in [0.3, 0.4) is 0 Å². The molecule has 1 fully saturated rings. The largest absolute Gasteiger partial charge is 0.309 e. The molecule has 0 aromatic carbocycles. The molecule has 1 aliphatic rings. The maximum Gasteiger partial charge on any atom is 0.273 e. The Morgan fingerprint density at radius 2 is 2.21 bits per heavy atom. The van der Waals surface area contributed by atoms with Crippen LogP contribution in [0.2, 0.25) is 0 Å². The predicted octanol–water partition coefficient (Wildman–Crippen LogP) is 1.65. The van der Waals surface area contributed by atoms with E-state index in [1.165, 1.54) is 29.7 Å². The molecule has 0 spiro atoms. The number of sulfonamides is 1. The molecule has 0 bridgehead atoms. The van der Waals surface area contributed by atoms with Gasteiger partial charge in [0.1, 0.15) is 9.72 Å². The molecule has 0 amide bonds. The number of anilines is 1. The van der Waals surface area contributed by atoms with Crippen molar-refractivity contribution < 1.29 is 8.42 Å². The summed E-state index contributed by atoms with van der Waals surface area (Å²) < 4.78 is 26.9. The van der Waals surface area contributed by atoms with E-state index in [-0.39, 0.29) is 5.13 Å². The SMILES string of the molecule is O=S(=O)(Nc1nncs1)c1ccc(CNC2CC2)s1. The minimum absolute atomic E-state index is 0.283. The van der Waals surface area contributed by atoms with E-state index in [1.54, 1.807) is 6.07 Å². The van der Waals surface area contributed by atoms with E-state index in [0.29, 0.717) is 10.3 Å². The molecule has 2 aromatic rings.